The van der Waals surface area contributed by atoms with Crippen LogP contribution >= 0.6 is 12.0 Å². The fourth-order valence-electron chi connectivity index (χ4n) is 4.68. The summed E-state index contributed by atoms with van der Waals surface area (Å²) in [5.41, 5.74) is 0.333. The van der Waals surface area contributed by atoms with E-state index in [-0.39, 0.29) is 0 Å². The molecule has 3 rings (SSSR count). The van der Waals surface area contributed by atoms with E-state index in [4.69, 9.17) is 4.18 Å². The van der Waals surface area contributed by atoms with Crippen molar-refractivity contribution in [3.05, 3.63) is 0 Å². The normalized spacial score (nSPS) is 37.6. The molecule has 2 heterocycles. The molecule has 2 aliphatic heterocycles. The second kappa shape index (κ2) is 7.00. The minimum atomic E-state index is 0.333. The van der Waals surface area contributed by atoms with Crippen molar-refractivity contribution in [3.63, 3.8) is 0 Å². The van der Waals surface area contributed by atoms with Gasteiger partial charge in [0.15, 0.2) is 0 Å². The van der Waals surface area contributed by atoms with Crippen molar-refractivity contribution in [1.29, 1.82) is 0 Å². The Morgan fingerprint density at radius 2 is 1.55 bits per heavy atom. The number of piperazine rings is 1. The van der Waals surface area contributed by atoms with Crippen molar-refractivity contribution in [2.75, 3.05) is 25.9 Å². The van der Waals surface area contributed by atoms with Crippen molar-refractivity contribution in [1.82, 2.24) is 9.80 Å². The lowest BCUT2D eigenvalue weighted by Crippen LogP contribution is -2.59. The lowest BCUT2D eigenvalue weighted by Gasteiger charge is -2.48. The Morgan fingerprint density at radius 1 is 0.955 bits per heavy atom. The van der Waals surface area contributed by atoms with Crippen LogP contribution in [0.3, 0.4) is 0 Å². The van der Waals surface area contributed by atoms with Gasteiger partial charge in [0.1, 0.15) is 0 Å². The monoisotopic (exact) mass is 326 g/mol. The third kappa shape index (κ3) is 3.82. The van der Waals surface area contributed by atoms with Gasteiger partial charge in [0, 0.05) is 43.5 Å². The van der Waals surface area contributed by atoms with E-state index in [2.05, 4.69) is 30.6 Å². The Balaban J connectivity index is 1.51. The van der Waals surface area contributed by atoms with E-state index in [1.54, 1.807) is 12.0 Å². The maximum Gasteiger partial charge on any atom is 0.0722 e. The van der Waals surface area contributed by atoms with E-state index in [0.717, 1.165) is 18.0 Å². The molecular formula is C18H34N2OS. The molecule has 1 aliphatic carbocycles. The molecule has 4 heteroatoms. The van der Waals surface area contributed by atoms with Gasteiger partial charge in [0.25, 0.3) is 0 Å². The molecule has 0 aromatic heterocycles. The molecular weight excluding hydrogens is 292 g/mol. The molecule has 128 valence electrons. The first-order valence-corrected chi connectivity index (χ1v) is 10.3. The van der Waals surface area contributed by atoms with Gasteiger partial charge in [-0.05, 0) is 77.3 Å². The van der Waals surface area contributed by atoms with E-state index in [9.17, 15) is 0 Å². The highest BCUT2D eigenvalue weighted by Gasteiger charge is 2.43. The minimum absolute atomic E-state index is 0.333. The van der Waals surface area contributed by atoms with Crippen LogP contribution in [0, 0.1) is 5.92 Å². The average molecular weight is 327 g/mol. The van der Waals surface area contributed by atoms with Crippen LogP contribution in [0.2, 0.25) is 0 Å². The summed E-state index contributed by atoms with van der Waals surface area (Å²) < 4.78 is 5.72. The lowest BCUT2D eigenvalue weighted by molar-refractivity contribution is 0.00259. The van der Waals surface area contributed by atoms with E-state index < -0.39 is 0 Å². The van der Waals surface area contributed by atoms with Crippen LogP contribution in [0.25, 0.3) is 0 Å². The summed E-state index contributed by atoms with van der Waals surface area (Å²) in [7, 11) is 0. The largest absolute Gasteiger partial charge is 0.312 e. The molecule has 0 aromatic rings. The molecule has 0 aromatic carbocycles. The molecule has 2 saturated heterocycles. The zero-order chi connectivity index (χ0) is 15.7. The molecule has 0 radical (unpaired) electrons. The van der Waals surface area contributed by atoms with Crippen LogP contribution in [-0.2, 0) is 4.18 Å². The van der Waals surface area contributed by atoms with Gasteiger partial charge in [-0.2, -0.15) is 0 Å². The predicted molar refractivity (Wildman–Crippen MR) is 95.2 cm³/mol. The summed E-state index contributed by atoms with van der Waals surface area (Å²) in [5.74, 6) is 0.908. The van der Waals surface area contributed by atoms with Gasteiger partial charge in [-0.3, -0.25) is 9.80 Å². The highest BCUT2D eigenvalue weighted by molar-refractivity contribution is 7.93. The number of fused-ring (bicyclic) bond motifs is 2. The van der Waals surface area contributed by atoms with Gasteiger partial charge in [-0.25, -0.2) is 0 Å². The molecule has 0 N–H and O–H groups in total. The fourth-order valence-corrected chi connectivity index (χ4v) is 5.15. The van der Waals surface area contributed by atoms with E-state index >= 15 is 0 Å². The van der Waals surface area contributed by atoms with Gasteiger partial charge >= 0.3 is 0 Å². The first-order chi connectivity index (χ1) is 10.5. The summed E-state index contributed by atoms with van der Waals surface area (Å²) in [6, 6.07) is 1.64. The Morgan fingerprint density at radius 3 is 2.05 bits per heavy atom. The number of nitrogens with zero attached hydrogens (tertiary/aromatic N) is 2. The Labute approximate surface area is 141 Å². The fraction of sp³-hybridized carbons (Fsp3) is 1.00. The first-order valence-electron chi connectivity index (χ1n) is 9.17. The molecule has 3 nitrogen and oxygen atoms in total. The standard InChI is InChI=1S/C18H34N2OS/c1-18(2,3)19-12-15-7-8-16(13-19)20(15)11-14-5-9-17(10-6-14)21-22-4/h14-17H,5-13H2,1-4H3/t14-,15?,16?,17-. The van der Waals surface area contributed by atoms with Crippen molar-refractivity contribution in [2.24, 2.45) is 5.92 Å². The molecule has 22 heavy (non-hydrogen) atoms. The van der Waals surface area contributed by atoms with Crippen molar-refractivity contribution in [3.8, 4) is 0 Å². The zero-order valence-corrected chi connectivity index (χ0v) is 15.7. The average Bonchev–Trinajstić information content (AvgIpc) is 2.70. The topological polar surface area (TPSA) is 15.7 Å². The Hall–Kier alpha value is 0.230. The van der Waals surface area contributed by atoms with Gasteiger partial charge in [-0.15, -0.1) is 0 Å². The smallest absolute Gasteiger partial charge is 0.0722 e. The molecule has 0 amide bonds. The maximum absolute atomic E-state index is 5.72. The van der Waals surface area contributed by atoms with Crippen LogP contribution in [0.1, 0.15) is 59.3 Å². The highest BCUT2D eigenvalue weighted by Crippen LogP contribution is 2.36. The zero-order valence-electron chi connectivity index (χ0n) is 14.9. The summed E-state index contributed by atoms with van der Waals surface area (Å²) in [5, 5.41) is 0. The van der Waals surface area contributed by atoms with Gasteiger partial charge in [0.2, 0.25) is 0 Å². The first kappa shape index (κ1) is 17.1. The molecule has 2 atom stereocenters. The van der Waals surface area contributed by atoms with E-state index in [0.29, 0.717) is 11.6 Å². The molecule has 3 fully saturated rings. The van der Waals surface area contributed by atoms with Gasteiger partial charge in [0.05, 0.1) is 6.10 Å². The maximum atomic E-state index is 5.72. The van der Waals surface area contributed by atoms with Crippen LogP contribution in [0.5, 0.6) is 0 Å². The number of rotatable bonds is 4. The minimum Gasteiger partial charge on any atom is -0.312 e. The Kier molecular flexibility index (Phi) is 5.43. The predicted octanol–water partition coefficient (Wildman–Crippen LogP) is 3.79. The van der Waals surface area contributed by atoms with Crippen LogP contribution < -0.4 is 0 Å². The second-order valence-corrected chi connectivity index (χ2v) is 9.09. The van der Waals surface area contributed by atoms with Crippen LogP contribution in [-0.4, -0.2) is 59.4 Å². The molecule has 2 bridgehead atoms. The summed E-state index contributed by atoms with van der Waals surface area (Å²) in [6.45, 7) is 11.0. The van der Waals surface area contributed by atoms with Gasteiger partial charge in [-0.1, -0.05) is 0 Å². The lowest BCUT2D eigenvalue weighted by atomic mass is 9.86. The SMILES string of the molecule is CSO[C@H]1CC[C@H](CN2C3CCC2CN(C(C)(C)C)C3)CC1. The van der Waals surface area contributed by atoms with Crippen LogP contribution in [0.4, 0.5) is 0 Å². The van der Waals surface area contributed by atoms with Crippen molar-refractivity contribution >= 4 is 12.0 Å². The van der Waals surface area contributed by atoms with E-state index in [1.807, 2.05) is 6.26 Å². The van der Waals surface area contributed by atoms with Crippen molar-refractivity contribution < 1.29 is 4.18 Å². The molecule has 0 spiro atoms. The third-order valence-corrected chi connectivity index (χ3v) is 6.54. The van der Waals surface area contributed by atoms with Crippen molar-refractivity contribution in [2.45, 2.75) is 83.0 Å². The van der Waals surface area contributed by atoms with Crippen LogP contribution in [0.15, 0.2) is 0 Å². The number of likely N-dealkylation sites (tertiary alicyclic amines) is 1. The number of hydrogen-bond acceptors (Lipinski definition) is 4. The summed E-state index contributed by atoms with van der Waals surface area (Å²) in [6.07, 6.45) is 10.7. The van der Waals surface area contributed by atoms with Gasteiger partial charge < -0.3 is 4.18 Å². The second-order valence-electron chi connectivity index (χ2n) is 8.56. The quantitative estimate of drug-likeness (QED) is 0.730. The molecule has 1 saturated carbocycles. The highest BCUT2D eigenvalue weighted by atomic mass is 32.2. The molecule has 2 unspecified atom stereocenters. The van der Waals surface area contributed by atoms with E-state index in [1.165, 1.54) is 58.2 Å². The Bertz CT molecular complexity index is 349. The summed E-state index contributed by atoms with van der Waals surface area (Å²) in [4.78, 5) is 5.59. The summed E-state index contributed by atoms with van der Waals surface area (Å²) >= 11 is 1.54. The third-order valence-electron chi connectivity index (χ3n) is 6.08. The number of hydrogen-bond donors (Lipinski definition) is 0. The molecule has 3 aliphatic rings.